The first-order valence-electron chi connectivity index (χ1n) is 6.63. The SMILES string of the molecule is CS(=O)(=O)N[C@@H](c1ccccc1)c1c[nH]c2ccccc12. The topological polar surface area (TPSA) is 62.0 Å². The number of sulfonamides is 1. The summed E-state index contributed by atoms with van der Waals surface area (Å²) in [6, 6.07) is 17.0. The van der Waals surface area contributed by atoms with Crippen molar-refractivity contribution < 1.29 is 8.42 Å². The minimum Gasteiger partial charge on any atom is -0.361 e. The molecule has 3 aromatic rings. The maximum atomic E-state index is 11.7. The number of fused-ring (bicyclic) bond motifs is 1. The molecule has 0 aliphatic carbocycles. The van der Waals surface area contributed by atoms with Crippen LogP contribution in [0.2, 0.25) is 0 Å². The monoisotopic (exact) mass is 300 g/mol. The van der Waals surface area contributed by atoms with Crippen LogP contribution in [0.15, 0.2) is 60.8 Å². The quantitative estimate of drug-likeness (QED) is 0.778. The van der Waals surface area contributed by atoms with Crippen LogP contribution in [0.1, 0.15) is 17.2 Å². The molecular formula is C16H16N2O2S. The molecule has 1 heterocycles. The lowest BCUT2D eigenvalue weighted by Gasteiger charge is -2.17. The number of benzene rings is 2. The second-order valence-corrected chi connectivity index (χ2v) is 6.80. The highest BCUT2D eigenvalue weighted by molar-refractivity contribution is 7.88. The molecule has 1 atom stereocenters. The third-order valence-corrected chi connectivity index (χ3v) is 4.06. The van der Waals surface area contributed by atoms with Crippen LogP contribution >= 0.6 is 0 Å². The number of para-hydroxylation sites is 1. The first-order chi connectivity index (χ1) is 10.0. The van der Waals surface area contributed by atoms with Crippen LogP contribution in [-0.4, -0.2) is 19.7 Å². The summed E-state index contributed by atoms with van der Waals surface area (Å²) in [6.45, 7) is 0. The number of aromatic amines is 1. The van der Waals surface area contributed by atoms with E-state index in [9.17, 15) is 8.42 Å². The molecule has 4 nitrogen and oxygen atoms in total. The lowest BCUT2D eigenvalue weighted by Crippen LogP contribution is -2.28. The Kier molecular flexibility index (Phi) is 3.53. The number of aromatic nitrogens is 1. The summed E-state index contributed by atoms with van der Waals surface area (Å²) in [5.74, 6) is 0. The van der Waals surface area contributed by atoms with Gasteiger partial charge in [0.05, 0.1) is 12.3 Å². The lowest BCUT2D eigenvalue weighted by molar-refractivity contribution is 0.579. The van der Waals surface area contributed by atoms with Crippen molar-refractivity contribution in [3.63, 3.8) is 0 Å². The molecule has 0 radical (unpaired) electrons. The minimum atomic E-state index is -3.33. The van der Waals surface area contributed by atoms with Crippen LogP contribution in [0.5, 0.6) is 0 Å². The molecule has 0 aliphatic rings. The fourth-order valence-electron chi connectivity index (χ4n) is 2.50. The van der Waals surface area contributed by atoms with Gasteiger partial charge in [-0.25, -0.2) is 13.1 Å². The van der Waals surface area contributed by atoms with E-state index >= 15 is 0 Å². The molecule has 1 aromatic heterocycles. The van der Waals surface area contributed by atoms with Gasteiger partial charge >= 0.3 is 0 Å². The summed E-state index contributed by atoms with van der Waals surface area (Å²) in [7, 11) is -3.33. The molecule has 5 heteroatoms. The van der Waals surface area contributed by atoms with E-state index in [0.717, 1.165) is 22.0 Å². The van der Waals surface area contributed by atoms with Gasteiger partial charge in [-0.2, -0.15) is 0 Å². The fraction of sp³-hybridized carbons (Fsp3) is 0.125. The Morgan fingerprint density at radius 1 is 1.00 bits per heavy atom. The van der Waals surface area contributed by atoms with Crippen LogP contribution < -0.4 is 4.72 Å². The van der Waals surface area contributed by atoms with Gasteiger partial charge in [0.1, 0.15) is 0 Å². The predicted molar refractivity (Wildman–Crippen MR) is 84.6 cm³/mol. The van der Waals surface area contributed by atoms with Gasteiger partial charge in [-0.05, 0) is 17.2 Å². The Balaban J connectivity index is 2.15. The lowest BCUT2D eigenvalue weighted by atomic mass is 9.99. The Morgan fingerprint density at radius 2 is 1.67 bits per heavy atom. The average Bonchev–Trinajstić information content (AvgIpc) is 2.89. The Hall–Kier alpha value is -2.11. The number of hydrogen-bond acceptors (Lipinski definition) is 2. The van der Waals surface area contributed by atoms with Crippen LogP contribution in [0, 0.1) is 0 Å². The van der Waals surface area contributed by atoms with E-state index in [-0.39, 0.29) is 0 Å². The largest absolute Gasteiger partial charge is 0.361 e. The minimum absolute atomic E-state index is 0.405. The number of hydrogen-bond donors (Lipinski definition) is 2. The third kappa shape index (κ3) is 2.99. The van der Waals surface area contributed by atoms with Gasteiger partial charge in [-0.3, -0.25) is 0 Å². The van der Waals surface area contributed by atoms with Crippen molar-refractivity contribution in [3.8, 4) is 0 Å². The summed E-state index contributed by atoms with van der Waals surface area (Å²) in [4.78, 5) is 3.19. The Bertz CT molecular complexity index is 854. The summed E-state index contributed by atoms with van der Waals surface area (Å²) in [5, 5.41) is 1.02. The third-order valence-electron chi connectivity index (χ3n) is 3.40. The molecule has 0 aliphatic heterocycles. The molecule has 0 amide bonds. The first-order valence-corrected chi connectivity index (χ1v) is 8.52. The van der Waals surface area contributed by atoms with Gasteiger partial charge in [0.15, 0.2) is 0 Å². The van der Waals surface area contributed by atoms with Crippen molar-refractivity contribution >= 4 is 20.9 Å². The molecule has 21 heavy (non-hydrogen) atoms. The first kappa shape index (κ1) is 13.9. The highest BCUT2D eigenvalue weighted by atomic mass is 32.2. The van der Waals surface area contributed by atoms with Gasteiger partial charge in [0.25, 0.3) is 0 Å². The Labute approximate surface area is 123 Å². The second-order valence-electron chi connectivity index (χ2n) is 5.02. The molecule has 2 N–H and O–H groups in total. The van der Waals surface area contributed by atoms with Gasteiger partial charge in [0, 0.05) is 17.1 Å². The smallest absolute Gasteiger partial charge is 0.209 e. The second kappa shape index (κ2) is 5.35. The van der Waals surface area contributed by atoms with Crippen LogP contribution in [0.25, 0.3) is 10.9 Å². The summed E-state index contributed by atoms with van der Waals surface area (Å²) in [5.41, 5.74) is 2.82. The number of rotatable bonds is 4. The molecule has 108 valence electrons. The van der Waals surface area contributed by atoms with Crippen molar-refractivity contribution in [3.05, 3.63) is 71.9 Å². The van der Waals surface area contributed by atoms with Gasteiger partial charge < -0.3 is 4.98 Å². The van der Waals surface area contributed by atoms with Crippen LogP contribution in [0.4, 0.5) is 0 Å². The summed E-state index contributed by atoms with van der Waals surface area (Å²) >= 11 is 0. The molecule has 0 bridgehead atoms. The van der Waals surface area contributed by atoms with Crippen molar-refractivity contribution in [2.45, 2.75) is 6.04 Å². The van der Waals surface area contributed by atoms with Crippen molar-refractivity contribution in [1.82, 2.24) is 9.71 Å². The van der Waals surface area contributed by atoms with Crippen molar-refractivity contribution in [1.29, 1.82) is 0 Å². The van der Waals surface area contributed by atoms with E-state index in [1.54, 1.807) is 0 Å². The zero-order chi connectivity index (χ0) is 14.9. The van der Waals surface area contributed by atoms with Crippen LogP contribution in [0.3, 0.4) is 0 Å². The average molecular weight is 300 g/mol. The standard InChI is InChI=1S/C16H16N2O2S/c1-21(19,20)18-16(12-7-3-2-4-8-12)14-11-17-15-10-6-5-9-13(14)15/h2-11,16-18H,1H3/t16-/m0/s1. The predicted octanol–water partition coefficient (Wildman–Crippen LogP) is 2.81. The molecule has 0 saturated heterocycles. The van der Waals surface area contributed by atoms with Gasteiger partial charge in [-0.15, -0.1) is 0 Å². The number of nitrogens with one attached hydrogen (secondary N) is 2. The molecular weight excluding hydrogens is 284 g/mol. The highest BCUT2D eigenvalue weighted by Gasteiger charge is 2.21. The van der Waals surface area contributed by atoms with E-state index < -0.39 is 16.1 Å². The maximum absolute atomic E-state index is 11.7. The molecule has 0 unspecified atom stereocenters. The van der Waals surface area contributed by atoms with Crippen LogP contribution in [-0.2, 0) is 10.0 Å². The molecule has 0 spiro atoms. The van der Waals surface area contributed by atoms with E-state index in [2.05, 4.69) is 9.71 Å². The molecule has 2 aromatic carbocycles. The highest BCUT2D eigenvalue weighted by Crippen LogP contribution is 2.29. The molecule has 0 saturated carbocycles. The van der Waals surface area contributed by atoms with E-state index in [4.69, 9.17) is 0 Å². The fourth-order valence-corrected chi connectivity index (χ4v) is 3.19. The molecule has 0 fully saturated rings. The molecule has 3 rings (SSSR count). The van der Waals surface area contributed by atoms with E-state index in [1.807, 2.05) is 60.8 Å². The summed E-state index contributed by atoms with van der Waals surface area (Å²) < 4.78 is 26.2. The Morgan fingerprint density at radius 3 is 2.38 bits per heavy atom. The zero-order valence-corrected chi connectivity index (χ0v) is 12.4. The van der Waals surface area contributed by atoms with E-state index in [0.29, 0.717) is 0 Å². The van der Waals surface area contributed by atoms with Gasteiger partial charge in [-0.1, -0.05) is 48.5 Å². The zero-order valence-electron chi connectivity index (χ0n) is 11.6. The normalized spacial score (nSPS) is 13.4. The summed E-state index contributed by atoms with van der Waals surface area (Å²) in [6.07, 6.45) is 3.04. The number of H-pyrrole nitrogens is 1. The van der Waals surface area contributed by atoms with Crippen molar-refractivity contribution in [2.24, 2.45) is 0 Å². The van der Waals surface area contributed by atoms with Gasteiger partial charge in [0.2, 0.25) is 10.0 Å². The van der Waals surface area contributed by atoms with Crippen molar-refractivity contribution in [2.75, 3.05) is 6.26 Å². The van der Waals surface area contributed by atoms with E-state index in [1.165, 1.54) is 6.26 Å². The maximum Gasteiger partial charge on any atom is 0.209 e.